The summed E-state index contributed by atoms with van der Waals surface area (Å²) in [4.78, 5) is -0.514. The van der Waals surface area contributed by atoms with Crippen molar-refractivity contribution in [1.82, 2.24) is 5.01 Å². The van der Waals surface area contributed by atoms with Crippen molar-refractivity contribution in [2.75, 3.05) is 13.7 Å². The minimum Gasteiger partial charge on any atom is -0.495 e. The van der Waals surface area contributed by atoms with Crippen LogP contribution in [-0.4, -0.2) is 53.1 Å². The number of methoxy groups -OCH3 is 1. The second kappa shape index (κ2) is 9.66. The molecular weight excluding hydrogens is 535 g/mol. The highest BCUT2D eigenvalue weighted by Gasteiger charge is 2.48. The van der Waals surface area contributed by atoms with Gasteiger partial charge in [-0.05, 0) is 35.7 Å². The Balaban J connectivity index is 2.00. The summed E-state index contributed by atoms with van der Waals surface area (Å²) in [5.74, 6) is -0.510. The van der Waals surface area contributed by atoms with Gasteiger partial charge in [0.25, 0.3) is 10.0 Å². The molecule has 0 amide bonds. The second-order valence-electron chi connectivity index (χ2n) is 7.65. The zero-order valence-electron chi connectivity index (χ0n) is 18.4. The van der Waals surface area contributed by atoms with Crippen LogP contribution in [-0.2, 0) is 20.1 Å². The van der Waals surface area contributed by atoms with Gasteiger partial charge in [-0.2, -0.15) is 35.1 Å². The topological polar surface area (TPSA) is 115 Å². The molecule has 0 aromatic heterocycles. The van der Waals surface area contributed by atoms with Crippen LogP contribution < -0.4 is 8.92 Å². The smallest absolute Gasteiger partial charge is 0.495 e. The lowest BCUT2D eigenvalue weighted by Gasteiger charge is -2.21. The SMILES string of the molecule is COc1cc(/C=N/N(CC(C)C)C2=NS(=O)(=O)c3cc(OS(=O)(=O)C(F)(F)F)ccc32)ccc1Cl. The van der Waals surface area contributed by atoms with E-state index in [2.05, 4.69) is 13.7 Å². The molecule has 1 heterocycles. The summed E-state index contributed by atoms with van der Waals surface area (Å²) < 4.78 is 98.7. The van der Waals surface area contributed by atoms with E-state index in [4.69, 9.17) is 16.3 Å². The van der Waals surface area contributed by atoms with E-state index in [1.165, 1.54) is 18.3 Å². The fourth-order valence-corrected chi connectivity index (χ4v) is 4.82. The number of hydrazone groups is 1. The molecule has 1 aliphatic rings. The Hall–Kier alpha value is -2.84. The Morgan fingerprint density at radius 1 is 1.20 bits per heavy atom. The van der Waals surface area contributed by atoms with Gasteiger partial charge in [-0.1, -0.05) is 31.5 Å². The first kappa shape index (κ1) is 26.8. The zero-order valence-corrected chi connectivity index (χ0v) is 20.8. The van der Waals surface area contributed by atoms with Crippen molar-refractivity contribution in [1.29, 1.82) is 0 Å². The Morgan fingerprint density at radius 2 is 1.89 bits per heavy atom. The van der Waals surface area contributed by atoms with Crippen molar-refractivity contribution in [2.24, 2.45) is 15.4 Å². The van der Waals surface area contributed by atoms with Gasteiger partial charge in [0.2, 0.25) is 0 Å². The molecule has 0 radical (unpaired) electrons. The predicted molar refractivity (Wildman–Crippen MR) is 123 cm³/mol. The van der Waals surface area contributed by atoms with E-state index in [-0.39, 0.29) is 23.9 Å². The Labute approximate surface area is 205 Å². The molecule has 0 saturated heterocycles. The number of nitrogens with zero attached hydrogens (tertiary/aromatic N) is 3. The van der Waals surface area contributed by atoms with Crippen LogP contribution >= 0.6 is 11.6 Å². The van der Waals surface area contributed by atoms with E-state index in [1.54, 1.807) is 18.2 Å². The van der Waals surface area contributed by atoms with Crippen molar-refractivity contribution >= 4 is 43.8 Å². The van der Waals surface area contributed by atoms with Crippen LogP contribution in [0.15, 0.2) is 50.8 Å². The fraction of sp³-hybridized carbons (Fsp3) is 0.300. The molecule has 0 saturated carbocycles. The molecule has 3 rings (SSSR count). The first-order valence-electron chi connectivity index (χ1n) is 9.80. The highest BCUT2D eigenvalue weighted by Crippen LogP contribution is 2.34. The summed E-state index contributed by atoms with van der Waals surface area (Å²) >= 11 is 6.02. The van der Waals surface area contributed by atoms with E-state index in [0.717, 1.165) is 12.1 Å². The zero-order chi connectivity index (χ0) is 26.2. The number of hydrogen-bond donors (Lipinski definition) is 0. The van der Waals surface area contributed by atoms with Crippen molar-refractivity contribution in [2.45, 2.75) is 24.3 Å². The van der Waals surface area contributed by atoms with Gasteiger partial charge in [-0.15, -0.1) is 4.40 Å². The highest BCUT2D eigenvalue weighted by atomic mass is 35.5. The third-order valence-corrected chi connectivity index (χ3v) is 7.07. The molecule has 0 unspecified atom stereocenters. The summed E-state index contributed by atoms with van der Waals surface area (Å²) in [7, 11) is -8.91. The number of fused-ring (bicyclic) bond motifs is 1. The summed E-state index contributed by atoms with van der Waals surface area (Å²) in [6.07, 6.45) is 1.43. The van der Waals surface area contributed by atoms with Crippen molar-refractivity contribution < 1.29 is 38.9 Å². The second-order valence-corrected chi connectivity index (χ2v) is 11.2. The number of hydrogen-bond acceptors (Lipinski definition) is 8. The summed E-state index contributed by atoms with van der Waals surface area (Å²) in [5.41, 5.74) is -5.07. The van der Waals surface area contributed by atoms with Crippen molar-refractivity contribution in [3.05, 3.63) is 52.5 Å². The molecule has 0 N–H and O–H groups in total. The first-order chi connectivity index (χ1) is 16.1. The van der Waals surface area contributed by atoms with E-state index in [9.17, 15) is 30.0 Å². The number of amidine groups is 1. The lowest BCUT2D eigenvalue weighted by molar-refractivity contribution is -0.0500. The standard InChI is InChI=1S/C20H19ClF3N3O6S2/c1-12(2)11-27(25-10-13-4-7-16(21)17(8-13)32-3)19-15-6-5-14(9-18(15)34(28,29)26-19)33-35(30,31)20(22,23)24/h4-10,12H,11H2,1-3H3/b25-10+. The molecule has 1 aliphatic heterocycles. The van der Waals surface area contributed by atoms with Crippen LogP contribution in [0.5, 0.6) is 11.5 Å². The van der Waals surface area contributed by atoms with Gasteiger partial charge in [0.05, 0.1) is 18.3 Å². The number of sulfonamides is 1. The van der Waals surface area contributed by atoms with E-state index >= 15 is 0 Å². The van der Waals surface area contributed by atoms with Crippen LogP contribution in [0.2, 0.25) is 5.02 Å². The largest absolute Gasteiger partial charge is 0.534 e. The summed E-state index contributed by atoms with van der Waals surface area (Å²) in [6.45, 7) is 3.95. The number of ether oxygens (including phenoxy) is 1. The Bertz CT molecular complexity index is 1410. The molecule has 9 nitrogen and oxygen atoms in total. The van der Waals surface area contributed by atoms with Crippen molar-refractivity contribution in [3.8, 4) is 11.5 Å². The predicted octanol–water partition coefficient (Wildman–Crippen LogP) is 4.02. The lowest BCUT2D eigenvalue weighted by Crippen LogP contribution is -2.30. The van der Waals surface area contributed by atoms with Gasteiger partial charge in [0.15, 0.2) is 5.84 Å². The monoisotopic (exact) mass is 553 g/mol. The third kappa shape index (κ3) is 5.87. The molecule has 0 aliphatic carbocycles. The molecule has 15 heteroatoms. The normalized spacial score (nSPS) is 15.3. The maximum atomic E-state index is 12.6. The van der Waals surface area contributed by atoms with Crippen molar-refractivity contribution in [3.63, 3.8) is 0 Å². The molecular formula is C20H19ClF3N3O6S2. The van der Waals surface area contributed by atoms with Crippen LogP contribution in [0, 0.1) is 5.92 Å². The molecule has 0 atom stereocenters. The number of rotatable bonds is 7. The summed E-state index contributed by atoms with van der Waals surface area (Å²) in [6, 6.07) is 7.55. The van der Waals surface area contributed by atoms with E-state index < -0.39 is 36.3 Å². The Morgan fingerprint density at radius 3 is 2.49 bits per heavy atom. The highest BCUT2D eigenvalue weighted by molar-refractivity contribution is 7.90. The van der Waals surface area contributed by atoms with Crippen LogP contribution in [0.25, 0.3) is 0 Å². The molecule has 0 spiro atoms. The van der Waals surface area contributed by atoms with Gasteiger partial charge < -0.3 is 8.92 Å². The van der Waals surface area contributed by atoms with Crippen LogP contribution in [0.3, 0.4) is 0 Å². The van der Waals surface area contributed by atoms with Crippen LogP contribution in [0.1, 0.15) is 25.0 Å². The molecule has 190 valence electrons. The van der Waals surface area contributed by atoms with Gasteiger partial charge in [0.1, 0.15) is 16.4 Å². The maximum absolute atomic E-state index is 12.6. The number of alkyl halides is 3. The van der Waals surface area contributed by atoms with E-state index in [1.807, 2.05) is 13.8 Å². The average molecular weight is 554 g/mol. The quantitative estimate of drug-likeness (QED) is 0.220. The minimum absolute atomic E-state index is 0.000827. The van der Waals surface area contributed by atoms with Gasteiger partial charge in [-0.3, -0.25) is 0 Å². The van der Waals surface area contributed by atoms with Gasteiger partial charge in [0, 0.05) is 18.2 Å². The molecule has 2 aromatic carbocycles. The van der Waals surface area contributed by atoms with Gasteiger partial charge >= 0.3 is 15.6 Å². The molecule has 0 fully saturated rings. The number of benzene rings is 2. The fourth-order valence-electron chi connectivity index (χ4n) is 2.95. The first-order valence-corrected chi connectivity index (χ1v) is 13.0. The Kier molecular flexibility index (Phi) is 7.39. The molecule has 0 bridgehead atoms. The third-order valence-electron chi connectivity index (χ3n) is 4.47. The lowest BCUT2D eigenvalue weighted by atomic mass is 10.1. The van der Waals surface area contributed by atoms with Crippen LogP contribution in [0.4, 0.5) is 13.2 Å². The maximum Gasteiger partial charge on any atom is 0.534 e. The molecule has 2 aromatic rings. The minimum atomic E-state index is -5.99. The van der Waals surface area contributed by atoms with Gasteiger partial charge in [-0.25, -0.2) is 5.01 Å². The molecule has 35 heavy (non-hydrogen) atoms. The summed E-state index contributed by atoms with van der Waals surface area (Å²) in [5, 5.41) is 6.04. The average Bonchev–Trinajstić information content (AvgIpc) is 3.01. The number of halogens is 4. The van der Waals surface area contributed by atoms with E-state index in [0.29, 0.717) is 22.4 Å².